The number of fused-ring (bicyclic) bond motifs is 2. The lowest BCUT2D eigenvalue weighted by molar-refractivity contribution is -0.344. The highest BCUT2D eigenvalue weighted by molar-refractivity contribution is 7.85. The largest absolute Gasteiger partial charge is 0.744 e. The van der Waals surface area contributed by atoms with Gasteiger partial charge in [0.2, 0.25) is 5.52 Å². The molecule has 4 aromatic rings. The van der Waals surface area contributed by atoms with Crippen LogP contribution in [0.3, 0.4) is 0 Å². The van der Waals surface area contributed by atoms with Gasteiger partial charge in [0, 0.05) is 17.5 Å². The summed E-state index contributed by atoms with van der Waals surface area (Å²) in [5, 5.41) is 2.93. The maximum Gasteiger partial charge on any atom is 0.210 e. The van der Waals surface area contributed by atoms with E-state index in [0.29, 0.717) is 0 Å². The zero-order valence-corrected chi connectivity index (χ0v) is 13.5. The molecule has 0 bridgehead atoms. The minimum atomic E-state index is -4.34. The van der Waals surface area contributed by atoms with Gasteiger partial charge < -0.3 is 4.55 Å². The molecule has 3 aromatic carbocycles. The second-order valence-corrected chi connectivity index (χ2v) is 6.60. The molecule has 1 aromatic heterocycles. The minimum absolute atomic E-state index is 0.184. The molecule has 0 aliphatic heterocycles. The van der Waals surface area contributed by atoms with Crippen molar-refractivity contribution < 1.29 is 18.0 Å². The maximum atomic E-state index is 10.7. The molecule has 4 nitrogen and oxygen atoms in total. The monoisotopic (exact) mass is 337 g/mol. The Kier molecular flexibility index (Phi) is 4.55. The SMILES string of the molecule is O=S(=O)([O-])c1ccc2ccccc2c1.c1ccc2[nH+]cccc2c1. The van der Waals surface area contributed by atoms with E-state index in [0.717, 1.165) is 10.8 Å². The molecule has 0 aliphatic rings. The van der Waals surface area contributed by atoms with Crippen molar-refractivity contribution in [3.05, 3.63) is 85.1 Å². The number of aromatic nitrogens is 1. The molecule has 0 amide bonds. The third-order valence-corrected chi connectivity index (χ3v) is 4.41. The fourth-order valence-electron chi connectivity index (χ4n) is 2.39. The van der Waals surface area contributed by atoms with E-state index in [2.05, 4.69) is 23.2 Å². The average molecular weight is 337 g/mol. The van der Waals surface area contributed by atoms with Gasteiger partial charge in [-0.25, -0.2) is 13.4 Å². The smallest absolute Gasteiger partial charge is 0.210 e. The minimum Gasteiger partial charge on any atom is -0.744 e. The number of hydrogen-bond acceptors (Lipinski definition) is 3. The first-order valence-electron chi connectivity index (χ1n) is 7.34. The van der Waals surface area contributed by atoms with E-state index in [-0.39, 0.29) is 4.90 Å². The quantitative estimate of drug-likeness (QED) is 0.500. The van der Waals surface area contributed by atoms with Crippen LogP contribution in [-0.2, 0) is 10.1 Å². The standard InChI is InChI=1S/C10H8O3S.C9H7N/c11-14(12,13)10-6-5-8-3-1-2-4-9(8)7-10;1-2-6-9-8(4-1)5-3-7-10-9/h1-7H,(H,11,12,13);1-7H. The van der Waals surface area contributed by atoms with Crippen molar-refractivity contribution in [2.45, 2.75) is 4.90 Å². The van der Waals surface area contributed by atoms with Gasteiger partial charge in [-0.1, -0.05) is 42.5 Å². The molecule has 0 atom stereocenters. The molecule has 24 heavy (non-hydrogen) atoms. The first-order chi connectivity index (χ1) is 11.5. The van der Waals surface area contributed by atoms with Gasteiger partial charge in [0.25, 0.3) is 0 Å². The van der Waals surface area contributed by atoms with Gasteiger partial charge in [0.15, 0.2) is 6.20 Å². The number of rotatable bonds is 1. The van der Waals surface area contributed by atoms with Crippen LogP contribution in [0.2, 0.25) is 0 Å². The Morgan fingerprint density at radius 1 is 0.708 bits per heavy atom. The molecule has 1 N–H and O–H groups in total. The number of nitrogens with one attached hydrogen (secondary N) is 1. The van der Waals surface area contributed by atoms with Gasteiger partial charge in [-0.05, 0) is 35.0 Å². The summed E-state index contributed by atoms with van der Waals surface area (Å²) in [5.74, 6) is 0. The van der Waals surface area contributed by atoms with E-state index in [4.69, 9.17) is 0 Å². The molecular formula is C19H15NO3S. The lowest BCUT2D eigenvalue weighted by Gasteiger charge is -2.07. The molecule has 0 saturated heterocycles. The average Bonchev–Trinajstić information content (AvgIpc) is 2.61. The maximum absolute atomic E-state index is 10.7. The summed E-state index contributed by atoms with van der Waals surface area (Å²) < 4.78 is 32.2. The van der Waals surface area contributed by atoms with Gasteiger partial charge in [0.05, 0.1) is 4.90 Å². The van der Waals surface area contributed by atoms with E-state index in [9.17, 15) is 13.0 Å². The summed E-state index contributed by atoms with van der Waals surface area (Å²) in [4.78, 5) is 2.97. The number of hydrogen-bond donors (Lipinski definition) is 0. The lowest BCUT2D eigenvalue weighted by atomic mass is 10.1. The molecule has 0 aliphatic carbocycles. The van der Waals surface area contributed by atoms with Crippen LogP contribution in [0.15, 0.2) is 90.0 Å². The molecule has 0 unspecified atom stereocenters. The van der Waals surface area contributed by atoms with E-state index in [1.807, 2.05) is 36.5 Å². The summed E-state index contributed by atoms with van der Waals surface area (Å²) in [5.41, 5.74) is 1.19. The fourth-order valence-corrected chi connectivity index (χ4v) is 2.89. The number of pyridine rings is 1. The number of benzene rings is 3. The van der Waals surface area contributed by atoms with Crippen LogP contribution in [-0.4, -0.2) is 13.0 Å². The first kappa shape index (κ1) is 16.1. The van der Waals surface area contributed by atoms with Crippen LogP contribution >= 0.6 is 0 Å². The summed E-state index contributed by atoms with van der Waals surface area (Å²) in [6.45, 7) is 0. The van der Waals surface area contributed by atoms with Crippen molar-refractivity contribution in [1.29, 1.82) is 0 Å². The molecule has 0 saturated carbocycles. The van der Waals surface area contributed by atoms with E-state index >= 15 is 0 Å². The molecule has 0 radical (unpaired) electrons. The van der Waals surface area contributed by atoms with Crippen LogP contribution in [0.4, 0.5) is 0 Å². The highest BCUT2D eigenvalue weighted by Crippen LogP contribution is 2.18. The summed E-state index contributed by atoms with van der Waals surface area (Å²) in [6, 6.07) is 23.9. The van der Waals surface area contributed by atoms with E-state index in [1.165, 1.54) is 23.0 Å². The second-order valence-electron chi connectivity index (χ2n) is 5.22. The number of aromatic amines is 1. The topological polar surface area (TPSA) is 71.3 Å². The Bertz CT molecular complexity index is 1030. The van der Waals surface area contributed by atoms with Crippen molar-refractivity contribution in [2.24, 2.45) is 0 Å². The Morgan fingerprint density at radius 3 is 2.04 bits per heavy atom. The Hall–Kier alpha value is -2.76. The Morgan fingerprint density at radius 2 is 1.33 bits per heavy atom. The first-order valence-corrected chi connectivity index (χ1v) is 8.75. The van der Waals surface area contributed by atoms with Crippen LogP contribution < -0.4 is 4.98 Å². The fraction of sp³-hybridized carbons (Fsp3) is 0. The van der Waals surface area contributed by atoms with Crippen LogP contribution in [0.25, 0.3) is 21.7 Å². The molecule has 0 spiro atoms. The zero-order valence-electron chi connectivity index (χ0n) is 12.7. The molecule has 5 heteroatoms. The van der Waals surface area contributed by atoms with Crippen LogP contribution in [0, 0.1) is 0 Å². The predicted molar refractivity (Wildman–Crippen MR) is 92.4 cm³/mol. The zero-order chi connectivity index (χ0) is 17.0. The van der Waals surface area contributed by atoms with Crippen molar-refractivity contribution in [2.75, 3.05) is 0 Å². The van der Waals surface area contributed by atoms with Crippen molar-refractivity contribution in [1.82, 2.24) is 0 Å². The molecule has 4 rings (SSSR count). The molecule has 1 heterocycles. The van der Waals surface area contributed by atoms with Crippen LogP contribution in [0.5, 0.6) is 0 Å². The molecule has 120 valence electrons. The summed E-state index contributed by atoms with van der Waals surface area (Å²) in [7, 11) is -4.34. The van der Waals surface area contributed by atoms with Crippen LogP contribution in [0.1, 0.15) is 0 Å². The predicted octanol–water partition coefficient (Wildman–Crippen LogP) is 3.40. The summed E-state index contributed by atoms with van der Waals surface area (Å²) in [6.07, 6.45) is 1.93. The van der Waals surface area contributed by atoms with Crippen molar-refractivity contribution >= 4 is 31.8 Å². The van der Waals surface area contributed by atoms with Gasteiger partial charge in [-0.3, -0.25) is 0 Å². The van der Waals surface area contributed by atoms with Crippen molar-refractivity contribution in [3.8, 4) is 0 Å². The third kappa shape index (κ3) is 3.76. The molecule has 0 fully saturated rings. The molecular weight excluding hydrogens is 322 g/mol. The van der Waals surface area contributed by atoms with Gasteiger partial charge in [0.1, 0.15) is 10.1 Å². The van der Waals surface area contributed by atoms with Crippen molar-refractivity contribution in [3.63, 3.8) is 0 Å². The Balaban J connectivity index is 0.000000149. The highest BCUT2D eigenvalue weighted by atomic mass is 32.2. The van der Waals surface area contributed by atoms with E-state index in [1.54, 1.807) is 18.2 Å². The second kappa shape index (κ2) is 6.78. The Labute approximate surface area is 140 Å². The normalized spacial score (nSPS) is 11.0. The van der Waals surface area contributed by atoms with E-state index < -0.39 is 10.1 Å². The third-order valence-electron chi connectivity index (χ3n) is 3.58. The lowest BCUT2D eigenvalue weighted by Crippen LogP contribution is -1.99. The summed E-state index contributed by atoms with van der Waals surface area (Å²) >= 11 is 0. The van der Waals surface area contributed by atoms with Gasteiger partial charge >= 0.3 is 0 Å². The highest BCUT2D eigenvalue weighted by Gasteiger charge is 2.01. The number of H-pyrrole nitrogens is 1. The number of para-hydroxylation sites is 1. The van der Waals surface area contributed by atoms with Gasteiger partial charge in [-0.15, -0.1) is 0 Å². The van der Waals surface area contributed by atoms with Gasteiger partial charge in [-0.2, -0.15) is 0 Å².